The molecule has 4 heteroatoms. The number of phenolic OH excluding ortho intramolecular Hbond substituents is 1. The van der Waals surface area contributed by atoms with Gasteiger partial charge in [0.2, 0.25) is 0 Å². The number of nitrogens with one attached hydrogen (secondary N) is 1. The van der Waals surface area contributed by atoms with E-state index in [4.69, 9.17) is 4.74 Å². The molecule has 2 aromatic rings. The van der Waals surface area contributed by atoms with Crippen molar-refractivity contribution in [3.8, 4) is 11.5 Å². The smallest absolute Gasteiger partial charge is 0.119 e. The van der Waals surface area contributed by atoms with Gasteiger partial charge in [-0.25, -0.2) is 0 Å². The monoisotopic (exact) mass is 273 g/mol. The maximum absolute atomic E-state index is 9.52. The Balaban J connectivity index is 2.05. The van der Waals surface area contributed by atoms with Gasteiger partial charge < -0.3 is 20.3 Å². The minimum Gasteiger partial charge on any atom is -0.508 e. The molecule has 0 saturated carbocycles. The lowest BCUT2D eigenvalue weighted by molar-refractivity contribution is 0.243. The first-order chi connectivity index (χ1) is 9.72. The number of benzene rings is 2. The molecule has 0 amide bonds. The van der Waals surface area contributed by atoms with Crippen LogP contribution in [0, 0.1) is 0 Å². The molecule has 2 rings (SSSR count). The lowest BCUT2D eigenvalue weighted by Crippen LogP contribution is -2.24. The Kier molecular flexibility index (Phi) is 4.98. The summed E-state index contributed by atoms with van der Waals surface area (Å²) < 4.78 is 5.19. The van der Waals surface area contributed by atoms with Crippen LogP contribution in [0.2, 0.25) is 0 Å². The maximum atomic E-state index is 9.52. The number of phenols is 1. The lowest BCUT2D eigenvalue weighted by atomic mass is 10.1. The fraction of sp³-hybridized carbons (Fsp3) is 0.250. The summed E-state index contributed by atoms with van der Waals surface area (Å²) in [5.41, 5.74) is 1.93. The van der Waals surface area contributed by atoms with Crippen LogP contribution in [-0.4, -0.2) is 23.9 Å². The van der Waals surface area contributed by atoms with Gasteiger partial charge in [-0.2, -0.15) is 0 Å². The van der Waals surface area contributed by atoms with Crippen LogP contribution in [0.4, 0.5) is 0 Å². The number of rotatable bonds is 6. The molecule has 0 spiro atoms. The molecule has 1 unspecified atom stereocenters. The van der Waals surface area contributed by atoms with Crippen molar-refractivity contribution in [1.82, 2.24) is 5.32 Å². The van der Waals surface area contributed by atoms with Gasteiger partial charge in [-0.05, 0) is 35.4 Å². The van der Waals surface area contributed by atoms with Crippen LogP contribution < -0.4 is 10.1 Å². The molecule has 0 aliphatic rings. The van der Waals surface area contributed by atoms with Crippen molar-refractivity contribution < 1.29 is 14.9 Å². The van der Waals surface area contributed by atoms with Crippen molar-refractivity contribution in [2.45, 2.75) is 12.6 Å². The van der Waals surface area contributed by atoms with Crippen molar-refractivity contribution in [3.63, 3.8) is 0 Å². The Labute approximate surface area is 118 Å². The van der Waals surface area contributed by atoms with Crippen LogP contribution in [0.5, 0.6) is 11.5 Å². The summed E-state index contributed by atoms with van der Waals surface area (Å²) in [4.78, 5) is 0. The van der Waals surface area contributed by atoms with Crippen molar-refractivity contribution in [2.75, 3.05) is 13.7 Å². The SMILES string of the molecule is COc1cccc(C(CO)NCc2cccc(O)c2)c1. The fourth-order valence-corrected chi connectivity index (χ4v) is 2.05. The van der Waals surface area contributed by atoms with E-state index in [0.29, 0.717) is 6.54 Å². The molecule has 106 valence electrons. The molecule has 0 aromatic heterocycles. The molecule has 0 saturated heterocycles. The topological polar surface area (TPSA) is 61.7 Å². The highest BCUT2D eigenvalue weighted by atomic mass is 16.5. The molecule has 0 heterocycles. The van der Waals surface area contributed by atoms with E-state index in [1.165, 1.54) is 0 Å². The summed E-state index contributed by atoms with van der Waals surface area (Å²) >= 11 is 0. The highest BCUT2D eigenvalue weighted by Gasteiger charge is 2.10. The van der Waals surface area contributed by atoms with Crippen molar-refractivity contribution >= 4 is 0 Å². The summed E-state index contributed by atoms with van der Waals surface area (Å²) in [7, 11) is 1.62. The van der Waals surface area contributed by atoms with Gasteiger partial charge >= 0.3 is 0 Å². The average molecular weight is 273 g/mol. The van der Waals surface area contributed by atoms with E-state index in [-0.39, 0.29) is 18.4 Å². The number of aliphatic hydroxyl groups is 1. The summed E-state index contributed by atoms with van der Waals surface area (Å²) in [5, 5.41) is 22.2. The number of aliphatic hydroxyl groups excluding tert-OH is 1. The second-order valence-corrected chi connectivity index (χ2v) is 4.56. The predicted molar refractivity (Wildman–Crippen MR) is 77.8 cm³/mol. The van der Waals surface area contributed by atoms with E-state index in [0.717, 1.165) is 16.9 Å². The van der Waals surface area contributed by atoms with E-state index in [9.17, 15) is 10.2 Å². The molecule has 2 aromatic carbocycles. The van der Waals surface area contributed by atoms with Gasteiger partial charge in [0.05, 0.1) is 19.8 Å². The molecular weight excluding hydrogens is 254 g/mol. The second-order valence-electron chi connectivity index (χ2n) is 4.56. The lowest BCUT2D eigenvalue weighted by Gasteiger charge is -2.17. The summed E-state index contributed by atoms with van der Waals surface area (Å²) in [6.07, 6.45) is 0. The zero-order valence-corrected chi connectivity index (χ0v) is 11.4. The molecule has 0 aliphatic heterocycles. The van der Waals surface area contributed by atoms with Crippen LogP contribution in [0.3, 0.4) is 0 Å². The van der Waals surface area contributed by atoms with Crippen LogP contribution >= 0.6 is 0 Å². The number of hydrogen-bond acceptors (Lipinski definition) is 4. The molecule has 1 atom stereocenters. The third kappa shape index (κ3) is 3.73. The minimum absolute atomic E-state index is 0.00795. The Morgan fingerprint density at radius 1 is 1.15 bits per heavy atom. The quantitative estimate of drug-likeness (QED) is 0.755. The van der Waals surface area contributed by atoms with Gasteiger partial charge in [0.15, 0.2) is 0 Å². The highest BCUT2D eigenvalue weighted by Crippen LogP contribution is 2.19. The van der Waals surface area contributed by atoms with E-state index in [1.54, 1.807) is 25.3 Å². The maximum Gasteiger partial charge on any atom is 0.119 e. The molecule has 0 aliphatic carbocycles. The van der Waals surface area contributed by atoms with E-state index in [1.807, 2.05) is 30.3 Å². The highest BCUT2D eigenvalue weighted by molar-refractivity contribution is 5.31. The first-order valence-electron chi connectivity index (χ1n) is 6.49. The van der Waals surface area contributed by atoms with Gasteiger partial charge in [-0.15, -0.1) is 0 Å². The number of aromatic hydroxyl groups is 1. The van der Waals surface area contributed by atoms with Crippen molar-refractivity contribution in [1.29, 1.82) is 0 Å². The van der Waals surface area contributed by atoms with Crippen LogP contribution in [0.25, 0.3) is 0 Å². The number of hydrogen-bond donors (Lipinski definition) is 3. The Morgan fingerprint density at radius 3 is 2.65 bits per heavy atom. The Hall–Kier alpha value is -2.04. The first-order valence-corrected chi connectivity index (χ1v) is 6.49. The predicted octanol–water partition coefficient (Wildman–Crippen LogP) is 2.22. The zero-order chi connectivity index (χ0) is 14.4. The fourth-order valence-electron chi connectivity index (χ4n) is 2.05. The van der Waals surface area contributed by atoms with E-state index in [2.05, 4.69) is 5.32 Å². The largest absolute Gasteiger partial charge is 0.508 e. The van der Waals surface area contributed by atoms with Crippen LogP contribution in [-0.2, 0) is 6.54 Å². The molecule has 4 nitrogen and oxygen atoms in total. The third-order valence-electron chi connectivity index (χ3n) is 3.14. The second kappa shape index (κ2) is 6.93. The summed E-state index contributed by atoms with van der Waals surface area (Å²) in [6, 6.07) is 14.5. The van der Waals surface area contributed by atoms with Crippen LogP contribution in [0.15, 0.2) is 48.5 Å². The van der Waals surface area contributed by atoms with E-state index < -0.39 is 0 Å². The van der Waals surface area contributed by atoms with Crippen LogP contribution in [0.1, 0.15) is 17.2 Å². The number of methoxy groups -OCH3 is 1. The number of ether oxygens (including phenoxy) is 1. The Morgan fingerprint density at radius 2 is 1.95 bits per heavy atom. The Bertz CT molecular complexity index is 557. The first kappa shape index (κ1) is 14.4. The van der Waals surface area contributed by atoms with Crippen molar-refractivity contribution in [2.24, 2.45) is 0 Å². The van der Waals surface area contributed by atoms with Gasteiger partial charge in [-0.1, -0.05) is 24.3 Å². The molecule has 0 radical (unpaired) electrons. The normalized spacial score (nSPS) is 12.1. The summed E-state index contributed by atoms with van der Waals surface area (Å²) in [6.45, 7) is 0.558. The zero-order valence-electron chi connectivity index (χ0n) is 11.4. The average Bonchev–Trinajstić information content (AvgIpc) is 2.48. The molecule has 20 heavy (non-hydrogen) atoms. The summed E-state index contributed by atoms with van der Waals surface area (Å²) in [5.74, 6) is 1.01. The van der Waals surface area contributed by atoms with Crippen molar-refractivity contribution in [3.05, 3.63) is 59.7 Å². The minimum atomic E-state index is -0.174. The molecule has 0 bridgehead atoms. The van der Waals surface area contributed by atoms with Gasteiger partial charge in [0.25, 0.3) is 0 Å². The molecule has 3 N–H and O–H groups in total. The molecule has 0 fully saturated rings. The third-order valence-corrected chi connectivity index (χ3v) is 3.14. The van der Waals surface area contributed by atoms with Gasteiger partial charge in [-0.3, -0.25) is 0 Å². The molecular formula is C16H19NO3. The van der Waals surface area contributed by atoms with Gasteiger partial charge in [0.1, 0.15) is 11.5 Å². The standard InChI is InChI=1S/C16H19NO3/c1-20-15-7-3-5-13(9-15)16(11-18)17-10-12-4-2-6-14(19)8-12/h2-9,16-19H,10-11H2,1H3. The van der Waals surface area contributed by atoms with Gasteiger partial charge in [0, 0.05) is 6.54 Å². The van der Waals surface area contributed by atoms with E-state index >= 15 is 0 Å².